The molecule has 4 N–H and O–H groups in total. The lowest BCUT2D eigenvalue weighted by Gasteiger charge is -2.17. The number of carbonyl (C=O) groups is 3. The third kappa shape index (κ3) is 6.72. The fourth-order valence-corrected chi connectivity index (χ4v) is 1.06. The Morgan fingerprint density at radius 1 is 1.06 bits per heavy atom. The molecule has 18 heavy (non-hydrogen) atoms. The second kappa shape index (κ2) is 7.52. The molecule has 0 spiro atoms. The van der Waals surface area contributed by atoms with Gasteiger partial charge in [0.05, 0.1) is 5.92 Å². The number of hydrogen-bond donors (Lipinski definition) is 4. The quantitative estimate of drug-likeness (QED) is 0.535. The lowest BCUT2D eigenvalue weighted by atomic mass is 10.2. The summed E-state index contributed by atoms with van der Waals surface area (Å²) in [4.78, 5) is 33.4. The number of carboxylic acids is 1. The van der Waals surface area contributed by atoms with Crippen molar-refractivity contribution in [2.45, 2.75) is 39.8 Å². The van der Waals surface area contributed by atoms with Gasteiger partial charge in [0.25, 0.3) is 0 Å². The Morgan fingerprint density at radius 3 is 2.06 bits per heavy atom. The first-order valence-corrected chi connectivity index (χ1v) is 5.81. The van der Waals surface area contributed by atoms with Gasteiger partial charge in [0.2, 0.25) is 5.91 Å². The first kappa shape index (κ1) is 16.2. The maximum Gasteiger partial charge on any atom is 0.315 e. The van der Waals surface area contributed by atoms with E-state index in [-0.39, 0.29) is 18.5 Å². The number of nitrogens with one attached hydrogen (secondary N) is 3. The van der Waals surface area contributed by atoms with Crippen LogP contribution in [0.25, 0.3) is 0 Å². The number of carboxylic acid groups (broad SMARTS) is 1. The topological polar surface area (TPSA) is 108 Å². The molecule has 0 aliphatic carbocycles. The van der Waals surface area contributed by atoms with E-state index in [1.807, 2.05) is 13.8 Å². The summed E-state index contributed by atoms with van der Waals surface area (Å²) in [6, 6.07) is -1.24. The first-order valence-electron chi connectivity index (χ1n) is 5.81. The predicted molar refractivity (Wildman–Crippen MR) is 66.1 cm³/mol. The maximum atomic E-state index is 11.5. The molecule has 0 aliphatic rings. The minimum Gasteiger partial charge on any atom is -0.481 e. The molecule has 3 amide bonds. The van der Waals surface area contributed by atoms with Gasteiger partial charge in [-0.15, -0.1) is 0 Å². The third-order valence-electron chi connectivity index (χ3n) is 2.16. The molecule has 104 valence electrons. The summed E-state index contributed by atoms with van der Waals surface area (Å²) in [6.45, 7) is 6.69. The zero-order chi connectivity index (χ0) is 14.3. The Balaban J connectivity index is 4.01. The normalized spacial score (nSPS) is 13.6. The standard InChI is InChI=1S/C11H21N3O4/c1-6(2)13-9(15)8(4)14-11(18)12-5-7(3)10(16)17/h6-8H,5H2,1-4H3,(H,13,15)(H,16,17)(H2,12,14,18). The van der Waals surface area contributed by atoms with E-state index in [9.17, 15) is 14.4 Å². The van der Waals surface area contributed by atoms with E-state index in [1.54, 1.807) is 6.92 Å². The highest BCUT2D eigenvalue weighted by atomic mass is 16.4. The van der Waals surface area contributed by atoms with Gasteiger partial charge in [0.15, 0.2) is 0 Å². The Morgan fingerprint density at radius 2 is 1.61 bits per heavy atom. The van der Waals surface area contributed by atoms with E-state index in [0.29, 0.717) is 0 Å². The molecular weight excluding hydrogens is 238 g/mol. The molecule has 2 atom stereocenters. The largest absolute Gasteiger partial charge is 0.481 e. The van der Waals surface area contributed by atoms with Gasteiger partial charge in [0.1, 0.15) is 6.04 Å². The zero-order valence-corrected chi connectivity index (χ0v) is 11.1. The molecule has 7 heteroatoms. The van der Waals surface area contributed by atoms with Crippen LogP contribution in [0.3, 0.4) is 0 Å². The van der Waals surface area contributed by atoms with Crippen molar-refractivity contribution in [3.63, 3.8) is 0 Å². The predicted octanol–water partition coefficient (Wildman–Crippen LogP) is -0.0806. The minimum absolute atomic E-state index is 0.00292. The monoisotopic (exact) mass is 259 g/mol. The van der Waals surface area contributed by atoms with Crippen molar-refractivity contribution >= 4 is 17.9 Å². The minimum atomic E-state index is -0.985. The van der Waals surface area contributed by atoms with Crippen LogP contribution in [0.5, 0.6) is 0 Å². The lowest BCUT2D eigenvalue weighted by molar-refractivity contribution is -0.140. The number of aliphatic carboxylic acids is 1. The molecule has 0 saturated heterocycles. The van der Waals surface area contributed by atoms with Crippen LogP contribution in [0.4, 0.5) is 4.79 Å². The Hall–Kier alpha value is -1.79. The van der Waals surface area contributed by atoms with Crippen LogP contribution in [-0.2, 0) is 9.59 Å². The summed E-state index contributed by atoms with van der Waals surface area (Å²) in [5.74, 6) is -1.94. The first-order chi connectivity index (χ1) is 8.23. The fraction of sp³-hybridized carbons (Fsp3) is 0.727. The average molecular weight is 259 g/mol. The van der Waals surface area contributed by atoms with Crippen LogP contribution in [0.1, 0.15) is 27.7 Å². The van der Waals surface area contributed by atoms with E-state index >= 15 is 0 Å². The summed E-state index contributed by atoms with van der Waals surface area (Å²) >= 11 is 0. The molecule has 0 aromatic rings. The number of carbonyl (C=O) groups excluding carboxylic acids is 2. The Labute approximate surface area is 106 Å². The van der Waals surface area contributed by atoms with Crippen LogP contribution in [0, 0.1) is 5.92 Å². The molecule has 0 bridgehead atoms. The number of amides is 3. The van der Waals surface area contributed by atoms with Gasteiger partial charge in [-0.1, -0.05) is 6.92 Å². The maximum absolute atomic E-state index is 11.5. The molecular formula is C11H21N3O4. The van der Waals surface area contributed by atoms with Crippen LogP contribution < -0.4 is 16.0 Å². The van der Waals surface area contributed by atoms with Crippen molar-refractivity contribution in [1.29, 1.82) is 0 Å². The highest BCUT2D eigenvalue weighted by Gasteiger charge is 2.17. The second-order valence-electron chi connectivity index (χ2n) is 4.48. The summed E-state index contributed by atoms with van der Waals surface area (Å²) < 4.78 is 0. The van der Waals surface area contributed by atoms with Gasteiger partial charge in [-0.25, -0.2) is 4.79 Å². The van der Waals surface area contributed by atoms with E-state index < -0.39 is 24.0 Å². The highest BCUT2D eigenvalue weighted by molar-refractivity contribution is 5.86. The summed E-state index contributed by atoms with van der Waals surface area (Å²) in [5, 5.41) is 16.1. The van der Waals surface area contributed by atoms with Crippen molar-refractivity contribution in [2.75, 3.05) is 6.54 Å². The summed E-state index contributed by atoms with van der Waals surface area (Å²) in [7, 11) is 0. The van der Waals surface area contributed by atoms with Crippen LogP contribution in [-0.4, -0.2) is 41.6 Å². The van der Waals surface area contributed by atoms with Gasteiger partial charge in [0, 0.05) is 12.6 Å². The zero-order valence-electron chi connectivity index (χ0n) is 11.1. The number of rotatable bonds is 6. The number of urea groups is 1. The molecule has 0 saturated carbocycles. The average Bonchev–Trinajstić information content (AvgIpc) is 2.24. The third-order valence-corrected chi connectivity index (χ3v) is 2.16. The Kier molecular flexibility index (Phi) is 6.77. The fourth-order valence-electron chi connectivity index (χ4n) is 1.06. The Bertz CT molecular complexity index is 317. The van der Waals surface area contributed by atoms with Gasteiger partial charge in [-0.05, 0) is 20.8 Å². The van der Waals surface area contributed by atoms with E-state index in [0.717, 1.165) is 0 Å². The van der Waals surface area contributed by atoms with Crippen LogP contribution in [0.2, 0.25) is 0 Å². The van der Waals surface area contributed by atoms with Gasteiger partial charge >= 0.3 is 12.0 Å². The van der Waals surface area contributed by atoms with Crippen molar-refractivity contribution < 1.29 is 19.5 Å². The van der Waals surface area contributed by atoms with Crippen molar-refractivity contribution in [1.82, 2.24) is 16.0 Å². The van der Waals surface area contributed by atoms with Crippen molar-refractivity contribution in [2.24, 2.45) is 5.92 Å². The molecule has 0 radical (unpaired) electrons. The second-order valence-corrected chi connectivity index (χ2v) is 4.48. The lowest BCUT2D eigenvalue weighted by Crippen LogP contribution is -2.50. The molecule has 0 fully saturated rings. The molecule has 0 aromatic heterocycles. The molecule has 2 unspecified atom stereocenters. The van der Waals surface area contributed by atoms with Gasteiger partial charge in [-0.2, -0.15) is 0 Å². The van der Waals surface area contributed by atoms with Gasteiger partial charge < -0.3 is 21.1 Å². The molecule has 0 aromatic carbocycles. The smallest absolute Gasteiger partial charge is 0.315 e. The van der Waals surface area contributed by atoms with E-state index in [2.05, 4.69) is 16.0 Å². The van der Waals surface area contributed by atoms with Crippen LogP contribution >= 0.6 is 0 Å². The summed E-state index contributed by atoms with van der Waals surface area (Å²) in [6.07, 6.45) is 0. The molecule has 0 heterocycles. The molecule has 0 aliphatic heterocycles. The molecule has 0 rings (SSSR count). The van der Waals surface area contributed by atoms with Crippen molar-refractivity contribution in [3.05, 3.63) is 0 Å². The SMILES string of the molecule is CC(C)NC(=O)C(C)NC(=O)NCC(C)C(=O)O. The van der Waals surface area contributed by atoms with E-state index in [4.69, 9.17) is 5.11 Å². The van der Waals surface area contributed by atoms with Crippen LogP contribution in [0.15, 0.2) is 0 Å². The van der Waals surface area contributed by atoms with Gasteiger partial charge in [-0.3, -0.25) is 9.59 Å². The van der Waals surface area contributed by atoms with E-state index in [1.165, 1.54) is 6.92 Å². The summed E-state index contributed by atoms with van der Waals surface area (Å²) in [5.41, 5.74) is 0. The molecule has 7 nitrogen and oxygen atoms in total. The highest BCUT2D eigenvalue weighted by Crippen LogP contribution is 1.91. The van der Waals surface area contributed by atoms with Crippen molar-refractivity contribution in [3.8, 4) is 0 Å². The number of hydrogen-bond acceptors (Lipinski definition) is 3.